The highest BCUT2D eigenvalue weighted by atomic mass is 32.2. The Morgan fingerprint density at radius 1 is 1.17 bits per heavy atom. The fourth-order valence-corrected chi connectivity index (χ4v) is 3.42. The molecule has 0 fully saturated rings. The van der Waals surface area contributed by atoms with E-state index >= 15 is 0 Å². The molecule has 3 rings (SSSR count). The minimum absolute atomic E-state index is 0.281. The lowest BCUT2D eigenvalue weighted by molar-refractivity contribution is 0.332. The van der Waals surface area contributed by atoms with Gasteiger partial charge < -0.3 is 10.1 Å². The van der Waals surface area contributed by atoms with Crippen LogP contribution in [0.5, 0.6) is 5.75 Å². The second kappa shape index (κ2) is 6.51. The van der Waals surface area contributed by atoms with Gasteiger partial charge in [-0.25, -0.2) is 18.4 Å². The first-order chi connectivity index (χ1) is 11.0. The molecule has 0 amide bonds. The van der Waals surface area contributed by atoms with Crippen molar-refractivity contribution in [3.8, 4) is 5.75 Å². The molecule has 6 nitrogen and oxygen atoms in total. The molecular formula is C15H15N3O3S2. The molecular weight excluding hydrogens is 334 g/mol. The standard InChI is InChI=1S/C15H15N3O3S2/c1-23(19,20)12-4-2-11(3-5-12)21-8-7-16-14-13-6-9-22-15(13)18-10-17-14/h2-6,9-10H,7-8H2,1H3,(H,16,17,18). The van der Waals surface area contributed by atoms with Crippen LogP contribution < -0.4 is 10.1 Å². The van der Waals surface area contributed by atoms with Gasteiger partial charge in [-0.05, 0) is 35.7 Å². The lowest BCUT2D eigenvalue weighted by Gasteiger charge is -2.09. The maximum absolute atomic E-state index is 11.4. The Balaban J connectivity index is 1.55. The van der Waals surface area contributed by atoms with Crippen LogP contribution in [0.15, 0.2) is 46.9 Å². The number of hydrogen-bond donors (Lipinski definition) is 1. The minimum Gasteiger partial charge on any atom is -0.492 e. The van der Waals surface area contributed by atoms with Gasteiger partial charge in [0.25, 0.3) is 0 Å². The SMILES string of the molecule is CS(=O)(=O)c1ccc(OCCNc2ncnc3sccc23)cc1. The lowest BCUT2D eigenvalue weighted by Crippen LogP contribution is -2.12. The Morgan fingerprint density at radius 3 is 2.70 bits per heavy atom. The number of nitrogens with one attached hydrogen (secondary N) is 1. The molecule has 0 atom stereocenters. The van der Waals surface area contributed by atoms with Crippen LogP contribution in [0.2, 0.25) is 0 Å². The smallest absolute Gasteiger partial charge is 0.175 e. The van der Waals surface area contributed by atoms with Gasteiger partial charge >= 0.3 is 0 Å². The zero-order valence-corrected chi connectivity index (χ0v) is 14.0. The summed E-state index contributed by atoms with van der Waals surface area (Å²) in [7, 11) is -3.18. The monoisotopic (exact) mass is 349 g/mol. The first-order valence-corrected chi connectivity index (χ1v) is 9.66. The van der Waals surface area contributed by atoms with E-state index in [4.69, 9.17) is 4.74 Å². The molecule has 2 aromatic heterocycles. The maximum atomic E-state index is 11.4. The van der Waals surface area contributed by atoms with E-state index in [1.54, 1.807) is 23.5 Å². The van der Waals surface area contributed by atoms with Crippen molar-refractivity contribution in [2.45, 2.75) is 4.90 Å². The van der Waals surface area contributed by atoms with Gasteiger partial charge in [0, 0.05) is 6.26 Å². The van der Waals surface area contributed by atoms with Gasteiger partial charge in [-0.3, -0.25) is 0 Å². The van der Waals surface area contributed by atoms with E-state index < -0.39 is 9.84 Å². The Hall–Kier alpha value is -2.19. The molecule has 3 aromatic rings. The number of hydrogen-bond acceptors (Lipinski definition) is 7. The second-order valence-electron chi connectivity index (χ2n) is 4.88. The normalized spacial score (nSPS) is 11.5. The quantitative estimate of drug-likeness (QED) is 0.689. The van der Waals surface area contributed by atoms with Gasteiger partial charge in [-0.15, -0.1) is 11.3 Å². The van der Waals surface area contributed by atoms with E-state index in [1.165, 1.54) is 24.7 Å². The van der Waals surface area contributed by atoms with Gasteiger partial charge in [0.1, 0.15) is 29.3 Å². The average molecular weight is 349 g/mol. The van der Waals surface area contributed by atoms with Crippen LogP contribution in [0.25, 0.3) is 10.2 Å². The summed E-state index contributed by atoms with van der Waals surface area (Å²) in [6.07, 6.45) is 2.71. The zero-order valence-electron chi connectivity index (χ0n) is 12.4. The van der Waals surface area contributed by atoms with Crippen LogP contribution in [0.1, 0.15) is 0 Å². The second-order valence-corrected chi connectivity index (χ2v) is 7.79. The van der Waals surface area contributed by atoms with Crippen molar-refractivity contribution < 1.29 is 13.2 Å². The molecule has 0 aliphatic carbocycles. The highest BCUT2D eigenvalue weighted by Gasteiger charge is 2.07. The van der Waals surface area contributed by atoms with Crippen molar-refractivity contribution >= 4 is 37.2 Å². The maximum Gasteiger partial charge on any atom is 0.175 e. The van der Waals surface area contributed by atoms with E-state index in [0.29, 0.717) is 18.9 Å². The Bertz CT molecular complexity index is 905. The van der Waals surface area contributed by atoms with Crippen molar-refractivity contribution in [1.82, 2.24) is 9.97 Å². The van der Waals surface area contributed by atoms with Gasteiger partial charge in [-0.2, -0.15) is 0 Å². The molecule has 0 aliphatic rings. The van der Waals surface area contributed by atoms with Crippen LogP contribution in [0.4, 0.5) is 5.82 Å². The Labute approximate surface area is 138 Å². The van der Waals surface area contributed by atoms with Crippen LogP contribution in [-0.4, -0.2) is 37.8 Å². The molecule has 0 bridgehead atoms. The number of anilines is 1. The molecule has 8 heteroatoms. The van der Waals surface area contributed by atoms with E-state index in [1.807, 2.05) is 11.4 Å². The van der Waals surface area contributed by atoms with Gasteiger partial charge in [-0.1, -0.05) is 0 Å². The van der Waals surface area contributed by atoms with Crippen molar-refractivity contribution in [2.75, 3.05) is 24.7 Å². The number of benzene rings is 1. The third-order valence-corrected chi connectivity index (χ3v) is 5.13. The van der Waals surface area contributed by atoms with Crippen molar-refractivity contribution in [1.29, 1.82) is 0 Å². The topological polar surface area (TPSA) is 81.2 Å². The number of fused-ring (bicyclic) bond motifs is 1. The number of sulfone groups is 1. The summed E-state index contributed by atoms with van der Waals surface area (Å²) < 4.78 is 28.4. The van der Waals surface area contributed by atoms with Crippen molar-refractivity contribution in [3.63, 3.8) is 0 Å². The average Bonchev–Trinajstić information content (AvgIpc) is 3.00. The van der Waals surface area contributed by atoms with Crippen LogP contribution >= 0.6 is 11.3 Å². The first kappa shape index (κ1) is 15.7. The Kier molecular flexibility index (Phi) is 4.44. The van der Waals surface area contributed by atoms with E-state index in [0.717, 1.165) is 16.0 Å². The van der Waals surface area contributed by atoms with Crippen LogP contribution in [-0.2, 0) is 9.84 Å². The predicted octanol–water partition coefficient (Wildman–Crippen LogP) is 2.59. The summed E-state index contributed by atoms with van der Waals surface area (Å²) in [4.78, 5) is 9.64. The summed E-state index contributed by atoms with van der Waals surface area (Å²) in [6, 6.07) is 8.36. The minimum atomic E-state index is -3.18. The molecule has 0 saturated carbocycles. The molecule has 1 N–H and O–H groups in total. The fourth-order valence-electron chi connectivity index (χ4n) is 2.05. The Morgan fingerprint density at radius 2 is 1.96 bits per heavy atom. The fraction of sp³-hybridized carbons (Fsp3) is 0.200. The molecule has 2 heterocycles. The van der Waals surface area contributed by atoms with Crippen LogP contribution in [0, 0.1) is 0 Å². The molecule has 0 radical (unpaired) electrons. The molecule has 120 valence electrons. The largest absolute Gasteiger partial charge is 0.492 e. The predicted molar refractivity (Wildman–Crippen MR) is 91.0 cm³/mol. The van der Waals surface area contributed by atoms with E-state index in [-0.39, 0.29) is 4.90 Å². The summed E-state index contributed by atoms with van der Waals surface area (Å²) in [6.45, 7) is 1.02. The number of rotatable bonds is 6. The third kappa shape index (κ3) is 3.77. The van der Waals surface area contributed by atoms with Gasteiger partial charge in [0.2, 0.25) is 0 Å². The summed E-state index contributed by atoms with van der Waals surface area (Å²) in [5.41, 5.74) is 0. The first-order valence-electron chi connectivity index (χ1n) is 6.89. The van der Waals surface area contributed by atoms with E-state index in [9.17, 15) is 8.42 Å². The molecule has 0 unspecified atom stereocenters. The highest BCUT2D eigenvalue weighted by Crippen LogP contribution is 2.23. The number of ether oxygens (including phenoxy) is 1. The number of aromatic nitrogens is 2. The third-order valence-electron chi connectivity index (χ3n) is 3.18. The molecule has 23 heavy (non-hydrogen) atoms. The molecule has 0 aliphatic heterocycles. The highest BCUT2D eigenvalue weighted by molar-refractivity contribution is 7.90. The molecule has 1 aromatic carbocycles. The molecule has 0 spiro atoms. The summed E-state index contributed by atoms with van der Waals surface area (Å²) in [5, 5.41) is 6.19. The molecule has 0 saturated heterocycles. The summed E-state index contributed by atoms with van der Waals surface area (Å²) >= 11 is 1.57. The lowest BCUT2D eigenvalue weighted by atomic mass is 10.3. The van der Waals surface area contributed by atoms with E-state index in [2.05, 4.69) is 15.3 Å². The van der Waals surface area contributed by atoms with Gasteiger partial charge in [0.05, 0.1) is 16.8 Å². The number of nitrogens with zero attached hydrogens (tertiary/aromatic N) is 2. The van der Waals surface area contributed by atoms with Gasteiger partial charge in [0.15, 0.2) is 9.84 Å². The van der Waals surface area contributed by atoms with Crippen LogP contribution in [0.3, 0.4) is 0 Å². The number of thiophene rings is 1. The van der Waals surface area contributed by atoms with Crippen molar-refractivity contribution in [2.24, 2.45) is 0 Å². The van der Waals surface area contributed by atoms with Crippen molar-refractivity contribution in [3.05, 3.63) is 42.0 Å². The summed E-state index contributed by atoms with van der Waals surface area (Å²) in [5.74, 6) is 1.41. The zero-order chi connectivity index (χ0) is 16.3.